The molecule has 0 heterocycles. The van der Waals surface area contributed by atoms with Crippen LogP contribution in [0.3, 0.4) is 0 Å². The highest BCUT2D eigenvalue weighted by atomic mass is 79.9. The Morgan fingerprint density at radius 3 is 2.53 bits per heavy atom. The molecular weight excluding hydrogens is 264 g/mol. The van der Waals surface area contributed by atoms with E-state index in [1.807, 2.05) is 0 Å². The van der Waals surface area contributed by atoms with Gasteiger partial charge in [-0.1, -0.05) is 6.07 Å². The van der Waals surface area contributed by atoms with Gasteiger partial charge >= 0.3 is 5.97 Å². The van der Waals surface area contributed by atoms with Crippen LogP contribution in [0, 0.1) is 0 Å². The Morgan fingerprint density at radius 2 is 2.00 bits per heavy atom. The number of alkyl halides is 1. The molecule has 0 amide bonds. The quantitative estimate of drug-likeness (QED) is 0.624. The maximum atomic E-state index is 11.5. The number of hydrogen-bond acceptors (Lipinski definition) is 4. The topological polar surface area (TPSA) is 44.8 Å². The number of rotatable bonds is 4. The van der Waals surface area contributed by atoms with Crippen LogP contribution in [0.25, 0.3) is 0 Å². The molecule has 1 rings (SSSR count). The van der Waals surface area contributed by atoms with Crippen molar-refractivity contribution in [2.24, 2.45) is 0 Å². The average molecular weight is 275 g/mol. The minimum atomic E-state index is -0.483. The van der Waals surface area contributed by atoms with Gasteiger partial charge in [0.1, 0.15) is 22.6 Å². The number of methoxy groups -OCH3 is 2. The second kappa shape index (κ2) is 5.60. The monoisotopic (exact) mass is 274 g/mol. The predicted molar refractivity (Wildman–Crippen MR) is 58.8 cm³/mol. The lowest BCUT2D eigenvalue weighted by Crippen LogP contribution is -2.07. The summed E-state index contributed by atoms with van der Waals surface area (Å²) >= 11 is 3.12. The van der Waals surface area contributed by atoms with E-state index in [2.05, 4.69) is 20.7 Å². The van der Waals surface area contributed by atoms with Crippen molar-refractivity contribution in [3.05, 3.63) is 23.8 Å². The van der Waals surface area contributed by atoms with Crippen LogP contribution in [0.4, 0.5) is 0 Å². The van der Waals surface area contributed by atoms with E-state index in [0.717, 1.165) is 0 Å². The summed E-state index contributed by atoms with van der Waals surface area (Å²) in [5.41, 5.74) is 0.589. The highest BCUT2D eigenvalue weighted by molar-refractivity contribution is 9.09. The summed E-state index contributed by atoms with van der Waals surface area (Å²) in [4.78, 5) is 11.5. The normalized spacial score (nSPS) is 9.53. The highest BCUT2D eigenvalue weighted by Gasteiger charge is 2.18. The van der Waals surface area contributed by atoms with Gasteiger partial charge in [0.15, 0.2) is 0 Å². The van der Waals surface area contributed by atoms with Gasteiger partial charge < -0.3 is 14.2 Å². The summed E-state index contributed by atoms with van der Waals surface area (Å²) in [6.45, 7) is 0. The molecule has 0 aliphatic carbocycles. The molecule has 5 heteroatoms. The Bertz CT molecular complexity index is 351. The van der Waals surface area contributed by atoms with Crippen molar-refractivity contribution in [1.82, 2.24) is 0 Å². The standard InChI is InChI=1S/C10H11BrO4/c1-13-7-4-3-5-8(15-6-11)9(7)10(12)14-2/h3-5H,6H2,1-2H3. The fraction of sp³-hybridized carbons (Fsp3) is 0.300. The first kappa shape index (κ1) is 11.8. The molecule has 0 aliphatic rings. The largest absolute Gasteiger partial charge is 0.496 e. The number of ether oxygens (including phenoxy) is 3. The summed E-state index contributed by atoms with van der Waals surface area (Å²) in [7, 11) is 2.80. The van der Waals surface area contributed by atoms with E-state index in [0.29, 0.717) is 22.6 Å². The third kappa shape index (κ3) is 2.62. The van der Waals surface area contributed by atoms with E-state index in [-0.39, 0.29) is 0 Å². The molecular formula is C10H11BrO4. The third-order valence-corrected chi connectivity index (χ3v) is 2.04. The lowest BCUT2D eigenvalue weighted by atomic mass is 10.2. The Morgan fingerprint density at radius 1 is 1.33 bits per heavy atom. The van der Waals surface area contributed by atoms with Gasteiger partial charge in [-0.3, -0.25) is 0 Å². The molecule has 0 saturated carbocycles. The number of esters is 1. The van der Waals surface area contributed by atoms with Crippen LogP contribution in [0.15, 0.2) is 18.2 Å². The molecule has 4 nitrogen and oxygen atoms in total. The van der Waals surface area contributed by atoms with E-state index < -0.39 is 5.97 Å². The van der Waals surface area contributed by atoms with Crippen molar-refractivity contribution in [2.45, 2.75) is 0 Å². The molecule has 0 fully saturated rings. The van der Waals surface area contributed by atoms with Crippen molar-refractivity contribution < 1.29 is 19.0 Å². The maximum absolute atomic E-state index is 11.5. The number of carbonyl (C=O) groups is 1. The molecule has 0 aromatic heterocycles. The van der Waals surface area contributed by atoms with Crippen molar-refractivity contribution in [1.29, 1.82) is 0 Å². The molecule has 1 aromatic carbocycles. The summed E-state index contributed by atoms with van der Waals surface area (Å²) in [5, 5.41) is 0. The smallest absolute Gasteiger partial charge is 0.345 e. The summed E-state index contributed by atoms with van der Waals surface area (Å²) in [6.07, 6.45) is 0. The Balaban J connectivity index is 3.20. The van der Waals surface area contributed by atoms with E-state index in [1.165, 1.54) is 14.2 Å². The third-order valence-electron chi connectivity index (χ3n) is 1.81. The molecule has 0 radical (unpaired) electrons. The van der Waals surface area contributed by atoms with Gasteiger partial charge in [0.05, 0.1) is 14.2 Å². The molecule has 0 N–H and O–H groups in total. The van der Waals surface area contributed by atoms with Gasteiger partial charge in [0.25, 0.3) is 0 Å². The molecule has 82 valence electrons. The minimum absolute atomic E-state index is 0.293. The molecule has 15 heavy (non-hydrogen) atoms. The highest BCUT2D eigenvalue weighted by Crippen LogP contribution is 2.29. The van der Waals surface area contributed by atoms with Gasteiger partial charge in [-0.15, -0.1) is 0 Å². The van der Waals surface area contributed by atoms with Crippen LogP contribution >= 0.6 is 15.9 Å². The van der Waals surface area contributed by atoms with Crippen LogP contribution < -0.4 is 9.47 Å². The van der Waals surface area contributed by atoms with Crippen LogP contribution in [0.1, 0.15) is 10.4 Å². The van der Waals surface area contributed by atoms with E-state index >= 15 is 0 Å². The number of carbonyl (C=O) groups excluding carboxylic acids is 1. The van der Waals surface area contributed by atoms with Crippen molar-refractivity contribution in [2.75, 3.05) is 19.7 Å². The SMILES string of the molecule is COC(=O)c1c(OC)cccc1OCBr. The summed E-state index contributed by atoms with van der Waals surface area (Å²) in [5.74, 6) is 0.377. The Hall–Kier alpha value is -1.23. The zero-order valence-corrected chi connectivity index (χ0v) is 10.0. The van der Waals surface area contributed by atoms with E-state index in [4.69, 9.17) is 9.47 Å². The first-order valence-corrected chi connectivity index (χ1v) is 5.30. The second-order valence-electron chi connectivity index (χ2n) is 2.58. The van der Waals surface area contributed by atoms with Gasteiger partial charge in [-0.2, -0.15) is 0 Å². The maximum Gasteiger partial charge on any atom is 0.345 e. The first-order valence-electron chi connectivity index (χ1n) is 4.18. The molecule has 0 spiro atoms. The number of benzene rings is 1. The van der Waals surface area contributed by atoms with Crippen molar-refractivity contribution in [3.8, 4) is 11.5 Å². The first-order chi connectivity index (χ1) is 7.24. The van der Waals surface area contributed by atoms with Gasteiger partial charge in [-0.05, 0) is 28.1 Å². The van der Waals surface area contributed by atoms with Gasteiger partial charge in [-0.25, -0.2) is 4.79 Å². The summed E-state index contributed by atoms with van der Waals surface area (Å²) in [6, 6.07) is 5.09. The van der Waals surface area contributed by atoms with E-state index in [1.54, 1.807) is 18.2 Å². The molecule has 0 unspecified atom stereocenters. The number of halogens is 1. The zero-order chi connectivity index (χ0) is 11.3. The molecule has 0 aliphatic heterocycles. The average Bonchev–Trinajstić information content (AvgIpc) is 2.28. The van der Waals surface area contributed by atoms with Gasteiger partial charge in [0, 0.05) is 0 Å². The fourth-order valence-electron chi connectivity index (χ4n) is 1.16. The summed E-state index contributed by atoms with van der Waals surface area (Å²) < 4.78 is 14.9. The lowest BCUT2D eigenvalue weighted by Gasteiger charge is -2.11. The second-order valence-corrected chi connectivity index (χ2v) is 3.04. The van der Waals surface area contributed by atoms with Crippen LogP contribution in [0.5, 0.6) is 11.5 Å². The fourth-order valence-corrected chi connectivity index (χ4v) is 1.41. The lowest BCUT2D eigenvalue weighted by molar-refractivity contribution is 0.0593. The van der Waals surface area contributed by atoms with Crippen molar-refractivity contribution >= 4 is 21.9 Å². The Labute approximate surface area is 96.3 Å². The van der Waals surface area contributed by atoms with E-state index in [9.17, 15) is 4.79 Å². The number of hydrogen-bond donors (Lipinski definition) is 0. The molecule has 0 saturated heterocycles. The minimum Gasteiger partial charge on any atom is -0.496 e. The van der Waals surface area contributed by atoms with Crippen molar-refractivity contribution in [3.63, 3.8) is 0 Å². The van der Waals surface area contributed by atoms with Crippen LogP contribution in [-0.4, -0.2) is 25.7 Å². The van der Waals surface area contributed by atoms with Crippen LogP contribution in [-0.2, 0) is 4.74 Å². The molecule has 0 bridgehead atoms. The van der Waals surface area contributed by atoms with Crippen LogP contribution in [0.2, 0.25) is 0 Å². The molecule has 0 atom stereocenters. The van der Waals surface area contributed by atoms with Gasteiger partial charge in [0.2, 0.25) is 0 Å². The zero-order valence-electron chi connectivity index (χ0n) is 8.45. The molecule has 1 aromatic rings. The Kier molecular flexibility index (Phi) is 4.42. The predicted octanol–water partition coefficient (Wildman–Crippen LogP) is 2.21.